The van der Waals surface area contributed by atoms with Gasteiger partial charge in [0.25, 0.3) is 5.56 Å². The molecule has 0 aliphatic carbocycles. The molecule has 0 aromatic carbocycles. The van der Waals surface area contributed by atoms with Crippen LogP contribution in [-0.2, 0) is 13.1 Å². The van der Waals surface area contributed by atoms with Gasteiger partial charge in [0.1, 0.15) is 6.33 Å². The molecule has 0 saturated carbocycles. The number of aryl methyl sites for hydroxylation is 1. The van der Waals surface area contributed by atoms with Crippen LogP contribution in [0.15, 0.2) is 35.5 Å². The van der Waals surface area contributed by atoms with E-state index in [9.17, 15) is 4.79 Å². The van der Waals surface area contributed by atoms with Crippen LogP contribution in [-0.4, -0.2) is 37.7 Å². The van der Waals surface area contributed by atoms with Gasteiger partial charge in [0.2, 0.25) is 0 Å². The van der Waals surface area contributed by atoms with Crippen LogP contribution in [0.25, 0.3) is 0 Å². The highest BCUT2D eigenvalue weighted by Crippen LogP contribution is 2.19. The van der Waals surface area contributed by atoms with E-state index in [0.717, 1.165) is 50.4 Å². The molecule has 2 aromatic heterocycles. The van der Waals surface area contributed by atoms with Crippen LogP contribution in [0.2, 0.25) is 0 Å². The van der Waals surface area contributed by atoms with Crippen molar-refractivity contribution in [3.63, 3.8) is 0 Å². The summed E-state index contributed by atoms with van der Waals surface area (Å²) in [5.41, 5.74) is 1.94. The van der Waals surface area contributed by atoms with Crippen molar-refractivity contribution in [2.45, 2.75) is 32.9 Å². The maximum atomic E-state index is 11.8. The van der Waals surface area contributed by atoms with Gasteiger partial charge in [-0.05, 0) is 50.9 Å². The zero-order valence-electron chi connectivity index (χ0n) is 12.9. The van der Waals surface area contributed by atoms with Crippen molar-refractivity contribution in [1.82, 2.24) is 24.6 Å². The zero-order chi connectivity index (χ0) is 15.4. The maximum absolute atomic E-state index is 11.8. The van der Waals surface area contributed by atoms with E-state index in [2.05, 4.69) is 20.0 Å². The number of piperidine rings is 1. The first-order valence-corrected chi connectivity index (χ1v) is 7.73. The largest absolute Gasteiger partial charge is 0.297 e. The number of rotatable bonds is 4. The third-order valence-electron chi connectivity index (χ3n) is 4.17. The zero-order valence-corrected chi connectivity index (χ0v) is 12.9. The second kappa shape index (κ2) is 6.79. The summed E-state index contributed by atoms with van der Waals surface area (Å²) in [7, 11) is 0. The third kappa shape index (κ3) is 3.76. The molecule has 3 rings (SSSR count). The molecule has 6 heteroatoms. The average molecular weight is 299 g/mol. The predicted molar refractivity (Wildman–Crippen MR) is 83.3 cm³/mol. The molecular formula is C16H21N5O. The van der Waals surface area contributed by atoms with Gasteiger partial charge in [-0.3, -0.25) is 9.69 Å². The molecule has 2 aromatic rings. The van der Waals surface area contributed by atoms with Crippen LogP contribution in [0.5, 0.6) is 0 Å². The highest BCUT2D eigenvalue weighted by Gasteiger charge is 2.20. The van der Waals surface area contributed by atoms with Gasteiger partial charge in [0.05, 0.1) is 11.4 Å². The monoisotopic (exact) mass is 299 g/mol. The predicted octanol–water partition coefficient (Wildman–Crippen LogP) is 1.25. The second-order valence-corrected chi connectivity index (χ2v) is 5.92. The molecule has 0 atom stereocenters. The van der Waals surface area contributed by atoms with E-state index in [0.29, 0.717) is 5.92 Å². The second-order valence-electron chi connectivity index (χ2n) is 5.92. The van der Waals surface area contributed by atoms with Crippen molar-refractivity contribution in [2.75, 3.05) is 13.1 Å². The SMILES string of the molecule is Cc1ccc(=O)n(CC2CCN(Cc3ccncn3)CC2)n1. The van der Waals surface area contributed by atoms with Crippen molar-refractivity contribution in [3.8, 4) is 0 Å². The smallest absolute Gasteiger partial charge is 0.266 e. The van der Waals surface area contributed by atoms with Crippen LogP contribution in [0.4, 0.5) is 0 Å². The summed E-state index contributed by atoms with van der Waals surface area (Å²) >= 11 is 0. The summed E-state index contributed by atoms with van der Waals surface area (Å²) in [6.07, 6.45) is 5.56. The quantitative estimate of drug-likeness (QED) is 0.850. The summed E-state index contributed by atoms with van der Waals surface area (Å²) in [6, 6.07) is 5.33. The molecule has 1 saturated heterocycles. The molecular weight excluding hydrogens is 278 g/mol. The highest BCUT2D eigenvalue weighted by atomic mass is 16.1. The topological polar surface area (TPSA) is 63.9 Å². The summed E-state index contributed by atoms with van der Waals surface area (Å²) in [6.45, 7) is 5.59. The summed E-state index contributed by atoms with van der Waals surface area (Å²) in [5, 5.41) is 4.33. The molecule has 0 N–H and O–H groups in total. The lowest BCUT2D eigenvalue weighted by Crippen LogP contribution is -2.36. The number of aromatic nitrogens is 4. The molecule has 0 bridgehead atoms. The molecule has 0 amide bonds. The van der Waals surface area contributed by atoms with Crippen LogP contribution >= 0.6 is 0 Å². The molecule has 1 fully saturated rings. The van der Waals surface area contributed by atoms with E-state index in [4.69, 9.17) is 0 Å². The first-order valence-electron chi connectivity index (χ1n) is 7.73. The Kier molecular flexibility index (Phi) is 4.58. The van der Waals surface area contributed by atoms with Gasteiger partial charge >= 0.3 is 0 Å². The average Bonchev–Trinajstić information content (AvgIpc) is 2.54. The van der Waals surface area contributed by atoms with Gasteiger partial charge in [-0.2, -0.15) is 5.10 Å². The first kappa shape index (κ1) is 14.8. The molecule has 3 heterocycles. The molecule has 0 spiro atoms. The number of hydrogen-bond donors (Lipinski definition) is 0. The van der Waals surface area contributed by atoms with Crippen LogP contribution < -0.4 is 5.56 Å². The molecule has 6 nitrogen and oxygen atoms in total. The van der Waals surface area contributed by atoms with Gasteiger partial charge in [-0.1, -0.05) is 0 Å². The lowest BCUT2D eigenvalue weighted by Gasteiger charge is -2.31. The minimum Gasteiger partial charge on any atom is -0.297 e. The van der Waals surface area contributed by atoms with Crippen molar-refractivity contribution >= 4 is 0 Å². The fourth-order valence-corrected chi connectivity index (χ4v) is 2.89. The Morgan fingerprint density at radius 1 is 1.23 bits per heavy atom. The van der Waals surface area contributed by atoms with Crippen molar-refractivity contribution < 1.29 is 0 Å². The fourth-order valence-electron chi connectivity index (χ4n) is 2.89. The molecule has 116 valence electrons. The van der Waals surface area contributed by atoms with E-state index < -0.39 is 0 Å². The molecule has 0 radical (unpaired) electrons. The summed E-state index contributed by atoms with van der Waals surface area (Å²) < 4.78 is 1.61. The van der Waals surface area contributed by atoms with E-state index in [1.165, 1.54) is 0 Å². The minimum atomic E-state index is -0.00554. The third-order valence-corrected chi connectivity index (χ3v) is 4.17. The van der Waals surface area contributed by atoms with Gasteiger partial charge < -0.3 is 0 Å². The first-order chi connectivity index (χ1) is 10.7. The van der Waals surface area contributed by atoms with Gasteiger partial charge in [0.15, 0.2) is 0 Å². The van der Waals surface area contributed by atoms with Crippen LogP contribution in [0.3, 0.4) is 0 Å². The standard InChI is InChI=1S/C16H21N5O/c1-13-2-3-16(22)21(19-13)10-14-5-8-20(9-6-14)11-15-4-7-17-12-18-15/h2-4,7,12,14H,5-6,8-11H2,1H3. The molecule has 1 aliphatic rings. The Morgan fingerprint density at radius 3 is 2.77 bits per heavy atom. The van der Waals surface area contributed by atoms with E-state index in [-0.39, 0.29) is 5.56 Å². The minimum absolute atomic E-state index is 0.00554. The molecule has 0 unspecified atom stereocenters. The van der Waals surface area contributed by atoms with Gasteiger partial charge in [0, 0.05) is 25.4 Å². The van der Waals surface area contributed by atoms with E-state index >= 15 is 0 Å². The number of hydrogen-bond acceptors (Lipinski definition) is 5. The summed E-state index contributed by atoms with van der Waals surface area (Å²) in [5.74, 6) is 0.522. The Morgan fingerprint density at radius 2 is 2.05 bits per heavy atom. The van der Waals surface area contributed by atoms with E-state index in [1.807, 2.05) is 13.0 Å². The lowest BCUT2D eigenvalue weighted by molar-refractivity contribution is 0.162. The van der Waals surface area contributed by atoms with Crippen molar-refractivity contribution in [2.24, 2.45) is 5.92 Å². The van der Waals surface area contributed by atoms with Crippen LogP contribution in [0, 0.1) is 12.8 Å². The summed E-state index contributed by atoms with van der Waals surface area (Å²) in [4.78, 5) is 22.5. The molecule has 22 heavy (non-hydrogen) atoms. The normalized spacial score (nSPS) is 16.8. The highest BCUT2D eigenvalue weighted by molar-refractivity contribution is 4.98. The number of nitrogens with zero attached hydrogens (tertiary/aromatic N) is 5. The Bertz CT molecular complexity index is 662. The Labute approximate surface area is 129 Å². The lowest BCUT2D eigenvalue weighted by atomic mass is 9.96. The van der Waals surface area contributed by atoms with Crippen molar-refractivity contribution in [1.29, 1.82) is 0 Å². The van der Waals surface area contributed by atoms with Crippen LogP contribution in [0.1, 0.15) is 24.2 Å². The van der Waals surface area contributed by atoms with E-state index in [1.54, 1.807) is 29.3 Å². The van der Waals surface area contributed by atoms with Gasteiger partial charge in [-0.25, -0.2) is 14.6 Å². The number of likely N-dealkylation sites (tertiary alicyclic amines) is 1. The van der Waals surface area contributed by atoms with Crippen molar-refractivity contribution in [3.05, 3.63) is 52.5 Å². The fraction of sp³-hybridized carbons (Fsp3) is 0.500. The van der Waals surface area contributed by atoms with Gasteiger partial charge in [-0.15, -0.1) is 0 Å². The Hall–Kier alpha value is -2.08. The molecule has 1 aliphatic heterocycles. The maximum Gasteiger partial charge on any atom is 0.266 e. The Balaban J connectivity index is 1.53.